The highest BCUT2D eigenvalue weighted by atomic mass is 16.5. The van der Waals surface area contributed by atoms with Gasteiger partial charge in [0.2, 0.25) is 5.95 Å². The molecule has 0 aliphatic rings. The maximum atomic E-state index is 5.71. The Morgan fingerprint density at radius 1 is 1.25 bits per heavy atom. The Hall–Kier alpha value is -2.10. The summed E-state index contributed by atoms with van der Waals surface area (Å²) in [5.74, 6) is 1.53. The molecule has 1 aromatic carbocycles. The van der Waals surface area contributed by atoms with Crippen molar-refractivity contribution in [3.05, 3.63) is 36.5 Å². The van der Waals surface area contributed by atoms with Gasteiger partial charge in [0.1, 0.15) is 5.75 Å². The van der Waals surface area contributed by atoms with Crippen molar-refractivity contribution in [2.45, 2.75) is 33.3 Å². The molecule has 0 saturated heterocycles. The van der Waals surface area contributed by atoms with Crippen molar-refractivity contribution in [3.63, 3.8) is 0 Å². The minimum absolute atomic E-state index is 0.164. The van der Waals surface area contributed by atoms with E-state index in [2.05, 4.69) is 22.2 Å². The summed E-state index contributed by atoms with van der Waals surface area (Å²) in [6, 6.07) is 9.88. The second kappa shape index (κ2) is 6.89. The summed E-state index contributed by atoms with van der Waals surface area (Å²) in [6.45, 7) is 7.03. The molecule has 0 aliphatic carbocycles. The summed E-state index contributed by atoms with van der Waals surface area (Å²) in [5.41, 5.74) is 1.93. The van der Waals surface area contributed by atoms with Gasteiger partial charge < -0.3 is 10.1 Å². The molecule has 0 spiro atoms. The Morgan fingerprint density at radius 2 is 2.10 bits per heavy atom. The van der Waals surface area contributed by atoms with E-state index in [4.69, 9.17) is 4.74 Å². The summed E-state index contributed by atoms with van der Waals surface area (Å²) in [4.78, 5) is 8.74. The van der Waals surface area contributed by atoms with Gasteiger partial charge in [-0.15, -0.1) is 0 Å². The van der Waals surface area contributed by atoms with Crippen LogP contribution in [0.15, 0.2) is 36.5 Å². The fourth-order valence-electron chi connectivity index (χ4n) is 1.84. The number of nitrogens with zero attached hydrogens (tertiary/aromatic N) is 2. The first-order valence-electron chi connectivity index (χ1n) is 7.03. The minimum atomic E-state index is 0.164. The molecule has 2 rings (SSSR count). The predicted molar refractivity (Wildman–Crippen MR) is 82.0 cm³/mol. The van der Waals surface area contributed by atoms with Crippen molar-refractivity contribution in [2.24, 2.45) is 0 Å². The van der Waals surface area contributed by atoms with Gasteiger partial charge in [0.25, 0.3) is 0 Å². The van der Waals surface area contributed by atoms with Crippen LogP contribution < -0.4 is 10.1 Å². The summed E-state index contributed by atoms with van der Waals surface area (Å²) in [5, 5.41) is 3.20. The molecular weight excluding hydrogens is 250 g/mol. The van der Waals surface area contributed by atoms with Gasteiger partial charge in [0.05, 0.1) is 11.8 Å². The smallest absolute Gasteiger partial charge is 0.223 e. The van der Waals surface area contributed by atoms with Gasteiger partial charge in [-0.1, -0.05) is 19.1 Å². The van der Waals surface area contributed by atoms with Crippen molar-refractivity contribution in [2.75, 3.05) is 11.9 Å². The minimum Gasteiger partial charge on any atom is -0.491 e. The Balaban J connectivity index is 2.22. The van der Waals surface area contributed by atoms with Crippen LogP contribution in [0.3, 0.4) is 0 Å². The molecule has 0 radical (unpaired) electrons. The molecule has 4 heteroatoms. The fourth-order valence-corrected chi connectivity index (χ4v) is 1.84. The van der Waals surface area contributed by atoms with Crippen molar-refractivity contribution >= 4 is 5.95 Å². The monoisotopic (exact) mass is 271 g/mol. The number of nitrogens with one attached hydrogen (secondary N) is 1. The Kier molecular flexibility index (Phi) is 4.93. The average Bonchev–Trinajstić information content (AvgIpc) is 2.45. The van der Waals surface area contributed by atoms with E-state index >= 15 is 0 Å². The quantitative estimate of drug-likeness (QED) is 0.869. The number of rotatable bonds is 6. The third-order valence-corrected chi connectivity index (χ3v) is 2.69. The van der Waals surface area contributed by atoms with E-state index in [1.54, 1.807) is 6.20 Å². The van der Waals surface area contributed by atoms with Crippen LogP contribution >= 0.6 is 0 Å². The van der Waals surface area contributed by atoms with Crippen LogP contribution in [0.1, 0.15) is 27.2 Å². The Morgan fingerprint density at radius 3 is 2.85 bits per heavy atom. The Labute approximate surface area is 120 Å². The summed E-state index contributed by atoms with van der Waals surface area (Å²) in [7, 11) is 0. The standard InChI is InChI=1S/C16H21N3O/c1-4-9-17-16-18-10-8-15(19-16)13-6-5-7-14(11-13)20-12(2)3/h5-8,10-12H,4,9H2,1-3H3,(H,17,18,19). The maximum absolute atomic E-state index is 5.71. The summed E-state index contributed by atoms with van der Waals surface area (Å²) >= 11 is 0. The van der Waals surface area contributed by atoms with Crippen LogP contribution in [0, 0.1) is 0 Å². The predicted octanol–water partition coefficient (Wildman–Crippen LogP) is 3.75. The molecule has 1 N–H and O–H groups in total. The third kappa shape index (κ3) is 3.95. The van der Waals surface area contributed by atoms with Crippen molar-refractivity contribution in [1.82, 2.24) is 9.97 Å². The first-order chi connectivity index (χ1) is 9.69. The molecule has 0 bridgehead atoms. The first-order valence-corrected chi connectivity index (χ1v) is 7.03. The maximum Gasteiger partial charge on any atom is 0.223 e. The van der Waals surface area contributed by atoms with Gasteiger partial charge in [-0.2, -0.15) is 0 Å². The molecule has 0 fully saturated rings. The molecule has 2 aromatic rings. The second-order valence-corrected chi connectivity index (χ2v) is 4.89. The van der Waals surface area contributed by atoms with Gasteiger partial charge in [-0.25, -0.2) is 9.97 Å². The highest BCUT2D eigenvalue weighted by Gasteiger charge is 2.04. The van der Waals surface area contributed by atoms with Gasteiger partial charge in [-0.05, 0) is 38.5 Å². The third-order valence-electron chi connectivity index (χ3n) is 2.69. The molecule has 20 heavy (non-hydrogen) atoms. The molecule has 0 unspecified atom stereocenters. The van der Waals surface area contributed by atoms with Crippen molar-refractivity contribution in [3.8, 4) is 17.0 Å². The largest absolute Gasteiger partial charge is 0.491 e. The van der Waals surface area contributed by atoms with E-state index in [0.29, 0.717) is 5.95 Å². The van der Waals surface area contributed by atoms with E-state index in [1.165, 1.54) is 0 Å². The zero-order valence-electron chi connectivity index (χ0n) is 12.3. The van der Waals surface area contributed by atoms with Crippen molar-refractivity contribution < 1.29 is 4.74 Å². The molecule has 0 amide bonds. The lowest BCUT2D eigenvalue weighted by molar-refractivity contribution is 0.242. The van der Waals surface area contributed by atoms with Crippen LogP contribution in [0.4, 0.5) is 5.95 Å². The zero-order valence-corrected chi connectivity index (χ0v) is 12.3. The number of anilines is 1. The summed E-state index contributed by atoms with van der Waals surface area (Å²) < 4.78 is 5.71. The lowest BCUT2D eigenvalue weighted by atomic mass is 10.1. The van der Waals surface area contributed by atoms with E-state index in [-0.39, 0.29) is 6.10 Å². The van der Waals surface area contributed by atoms with Crippen molar-refractivity contribution in [1.29, 1.82) is 0 Å². The summed E-state index contributed by atoms with van der Waals surface area (Å²) in [6.07, 6.45) is 2.99. The van der Waals surface area contributed by atoms with E-state index in [1.807, 2.05) is 44.2 Å². The highest BCUT2D eigenvalue weighted by Crippen LogP contribution is 2.23. The van der Waals surface area contributed by atoms with Crippen LogP contribution in [-0.2, 0) is 0 Å². The van der Waals surface area contributed by atoms with Crippen LogP contribution in [0.5, 0.6) is 5.75 Å². The highest BCUT2D eigenvalue weighted by molar-refractivity contribution is 5.61. The van der Waals surface area contributed by atoms with Gasteiger partial charge in [-0.3, -0.25) is 0 Å². The van der Waals surface area contributed by atoms with Crippen LogP contribution in [0.2, 0.25) is 0 Å². The normalized spacial score (nSPS) is 10.6. The fraction of sp³-hybridized carbons (Fsp3) is 0.375. The Bertz CT molecular complexity index is 555. The zero-order chi connectivity index (χ0) is 14.4. The van der Waals surface area contributed by atoms with E-state index < -0.39 is 0 Å². The topological polar surface area (TPSA) is 47.0 Å². The van der Waals surface area contributed by atoms with Gasteiger partial charge >= 0.3 is 0 Å². The average molecular weight is 271 g/mol. The van der Waals surface area contributed by atoms with Gasteiger partial charge in [0.15, 0.2) is 0 Å². The van der Waals surface area contributed by atoms with E-state index in [0.717, 1.165) is 30.0 Å². The van der Waals surface area contributed by atoms with E-state index in [9.17, 15) is 0 Å². The number of ether oxygens (including phenoxy) is 1. The molecule has 0 atom stereocenters. The number of hydrogen-bond donors (Lipinski definition) is 1. The lowest BCUT2D eigenvalue weighted by Crippen LogP contribution is -2.06. The molecule has 1 heterocycles. The SMILES string of the molecule is CCCNc1nccc(-c2cccc(OC(C)C)c2)n1. The second-order valence-electron chi connectivity index (χ2n) is 4.89. The van der Waals surface area contributed by atoms with Gasteiger partial charge in [0, 0.05) is 18.3 Å². The lowest BCUT2D eigenvalue weighted by Gasteiger charge is -2.11. The number of aromatic nitrogens is 2. The number of hydrogen-bond acceptors (Lipinski definition) is 4. The first kappa shape index (κ1) is 14.3. The number of benzene rings is 1. The molecule has 0 saturated carbocycles. The van der Waals surface area contributed by atoms with Crippen LogP contribution in [0.25, 0.3) is 11.3 Å². The van der Waals surface area contributed by atoms with Crippen LogP contribution in [-0.4, -0.2) is 22.6 Å². The molecule has 4 nitrogen and oxygen atoms in total. The molecule has 1 aromatic heterocycles. The molecular formula is C16H21N3O. The molecule has 106 valence electrons. The molecule has 0 aliphatic heterocycles.